The Morgan fingerprint density at radius 2 is 2.10 bits per heavy atom. The zero-order chi connectivity index (χ0) is 14.7. The fourth-order valence-electron chi connectivity index (χ4n) is 1.79. The SMILES string of the molecule is CC(C)n1c(SCC(=O)O)nnc1-c1ccccc1Br. The lowest BCUT2D eigenvalue weighted by Gasteiger charge is -2.14. The van der Waals surface area contributed by atoms with Crippen LogP contribution < -0.4 is 0 Å². The van der Waals surface area contributed by atoms with Crippen LogP contribution in [0.4, 0.5) is 0 Å². The van der Waals surface area contributed by atoms with Crippen molar-refractivity contribution in [2.45, 2.75) is 25.0 Å². The molecule has 1 N–H and O–H groups in total. The van der Waals surface area contributed by atoms with Crippen molar-refractivity contribution in [2.75, 3.05) is 5.75 Å². The van der Waals surface area contributed by atoms with Crippen LogP contribution in [0.15, 0.2) is 33.9 Å². The molecule has 0 bridgehead atoms. The molecular weight excluding hydrogens is 342 g/mol. The van der Waals surface area contributed by atoms with Gasteiger partial charge in [-0.15, -0.1) is 10.2 Å². The number of aromatic nitrogens is 3. The van der Waals surface area contributed by atoms with E-state index in [0.717, 1.165) is 15.9 Å². The molecule has 2 rings (SSSR count). The third-order valence-corrected chi connectivity index (χ3v) is 4.24. The van der Waals surface area contributed by atoms with Gasteiger partial charge in [0.25, 0.3) is 0 Å². The highest BCUT2D eigenvalue weighted by molar-refractivity contribution is 9.10. The Labute approximate surface area is 129 Å². The van der Waals surface area contributed by atoms with Gasteiger partial charge in [-0.3, -0.25) is 9.36 Å². The first-order chi connectivity index (χ1) is 9.50. The highest BCUT2D eigenvalue weighted by Crippen LogP contribution is 2.31. The van der Waals surface area contributed by atoms with E-state index in [1.54, 1.807) is 0 Å². The van der Waals surface area contributed by atoms with Gasteiger partial charge in [0.05, 0.1) is 5.75 Å². The largest absolute Gasteiger partial charge is 0.481 e. The minimum Gasteiger partial charge on any atom is -0.481 e. The molecule has 5 nitrogen and oxygen atoms in total. The van der Waals surface area contributed by atoms with E-state index in [0.29, 0.717) is 5.16 Å². The second kappa shape index (κ2) is 6.41. The molecule has 2 aromatic rings. The Morgan fingerprint density at radius 3 is 2.70 bits per heavy atom. The molecule has 0 saturated heterocycles. The molecule has 0 radical (unpaired) electrons. The van der Waals surface area contributed by atoms with Gasteiger partial charge in [-0.2, -0.15) is 0 Å². The average Bonchev–Trinajstić information content (AvgIpc) is 2.80. The molecule has 0 unspecified atom stereocenters. The van der Waals surface area contributed by atoms with Crippen LogP contribution in [-0.4, -0.2) is 31.6 Å². The van der Waals surface area contributed by atoms with Crippen molar-refractivity contribution < 1.29 is 9.90 Å². The Hall–Kier alpha value is -1.34. The topological polar surface area (TPSA) is 68.0 Å². The van der Waals surface area contributed by atoms with E-state index < -0.39 is 5.97 Å². The van der Waals surface area contributed by atoms with Gasteiger partial charge in [-0.05, 0) is 19.9 Å². The second-order valence-corrected chi connectivity index (χ2v) is 6.23. The predicted molar refractivity (Wildman–Crippen MR) is 81.9 cm³/mol. The third kappa shape index (κ3) is 3.21. The smallest absolute Gasteiger partial charge is 0.313 e. The van der Waals surface area contributed by atoms with Crippen LogP contribution in [0.25, 0.3) is 11.4 Å². The summed E-state index contributed by atoms with van der Waals surface area (Å²) in [5, 5.41) is 17.7. The molecule has 106 valence electrons. The number of carbonyl (C=O) groups is 1. The maximum atomic E-state index is 10.7. The molecule has 0 amide bonds. The van der Waals surface area contributed by atoms with Crippen molar-refractivity contribution in [2.24, 2.45) is 0 Å². The van der Waals surface area contributed by atoms with Gasteiger partial charge in [-0.1, -0.05) is 45.9 Å². The van der Waals surface area contributed by atoms with Crippen LogP contribution in [-0.2, 0) is 4.79 Å². The van der Waals surface area contributed by atoms with Gasteiger partial charge < -0.3 is 5.11 Å². The van der Waals surface area contributed by atoms with Gasteiger partial charge in [0.2, 0.25) is 0 Å². The lowest BCUT2D eigenvalue weighted by Crippen LogP contribution is -2.07. The van der Waals surface area contributed by atoms with Crippen LogP contribution >= 0.6 is 27.7 Å². The van der Waals surface area contributed by atoms with Gasteiger partial charge >= 0.3 is 5.97 Å². The summed E-state index contributed by atoms with van der Waals surface area (Å²) in [7, 11) is 0. The van der Waals surface area contributed by atoms with Crippen molar-refractivity contribution in [3.05, 3.63) is 28.7 Å². The monoisotopic (exact) mass is 355 g/mol. The molecule has 0 aliphatic rings. The van der Waals surface area contributed by atoms with Crippen molar-refractivity contribution in [3.8, 4) is 11.4 Å². The van der Waals surface area contributed by atoms with E-state index in [1.165, 1.54) is 11.8 Å². The van der Waals surface area contributed by atoms with Gasteiger partial charge in [0, 0.05) is 16.1 Å². The summed E-state index contributed by atoms with van der Waals surface area (Å²) in [6, 6.07) is 7.91. The highest BCUT2D eigenvalue weighted by Gasteiger charge is 2.18. The molecule has 1 aromatic heterocycles. The minimum atomic E-state index is -0.865. The van der Waals surface area contributed by atoms with Crippen molar-refractivity contribution >= 4 is 33.7 Å². The maximum Gasteiger partial charge on any atom is 0.313 e. The number of nitrogens with zero attached hydrogens (tertiary/aromatic N) is 3. The average molecular weight is 356 g/mol. The van der Waals surface area contributed by atoms with E-state index in [1.807, 2.05) is 42.7 Å². The number of aliphatic carboxylic acids is 1. The fourth-order valence-corrected chi connectivity index (χ4v) is 3.04. The number of thioether (sulfide) groups is 1. The maximum absolute atomic E-state index is 10.7. The molecule has 0 fully saturated rings. The molecular formula is C13H14BrN3O2S. The summed E-state index contributed by atoms with van der Waals surface area (Å²) < 4.78 is 2.89. The standard InChI is InChI=1S/C13H14BrN3O2S/c1-8(2)17-12(9-5-3-4-6-10(9)14)15-16-13(17)20-7-11(18)19/h3-6,8H,7H2,1-2H3,(H,18,19). The fraction of sp³-hybridized carbons (Fsp3) is 0.308. The quantitative estimate of drug-likeness (QED) is 0.831. The molecule has 7 heteroatoms. The molecule has 0 aliphatic heterocycles. The molecule has 0 spiro atoms. The normalized spacial score (nSPS) is 11.0. The number of hydrogen-bond donors (Lipinski definition) is 1. The number of halogens is 1. The molecule has 0 saturated carbocycles. The molecule has 20 heavy (non-hydrogen) atoms. The summed E-state index contributed by atoms with van der Waals surface area (Å²) in [5.74, 6) is -0.156. The van der Waals surface area contributed by atoms with E-state index in [4.69, 9.17) is 5.11 Å². The van der Waals surface area contributed by atoms with Crippen LogP contribution in [0.2, 0.25) is 0 Å². The first-order valence-corrected chi connectivity index (χ1v) is 7.83. The molecule has 1 aromatic carbocycles. The summed E-state index contributed by atoms with van der Waals surface area (Å²) in [4.78, 5) is 10.7. The highest BCUT2D eigenvalue weighted by atomic mass is 79.9. The van der Waals surface area contributed by atoms with Gasteiger partial charge in [0.15, 0.2) is 11.0 Å². The number of benzene rings is 1. The predicted octanol–water partition coefficient (Wildman–Crippen LogP) is 3.47. The van der Waals surface area contributed by atoms with Crippen LogP contribution in [0.1, 0.15) is 19.9 Å². The van der Waals surface area contributed by atoms with E-state index in [9.17, 15) is 4.79 Å². The van der Waals surface area contributed by atoms with E-state index in [2.05, 4.69) is 26.1 Å². The van der Waals surface area contributed by atoms with Crippen LogP contribution in [0, 0.1) is 0 Å². The molecule has 0 aliphatic carbocycles. The Kier molecular flexibility index (Phi) is 4.82. The van der Waals surface area contributed by atoms with E-state index >= 15 is 0 Å². The molecule has 1 heterocycles. The number of hydrogen-bond acceptors (Lipinski definition) is 4. The van der Waals surface area contributed by atoms with Crippen molar-refractivity contribution in [1.29, 1.82) is 0 Å². The summed E-state index contributed by atoms with van der Waals surface area (Å²) in [6.07, 6.45) is 0. The third-order valence-electron chi connectivity index (χ3n) is 2.62. The van der Waals surface area contributed by atoms with Crippen LogP contribution in [0.5, 0.6) is 0 Å². The Bertz CT molecular complexity index is 628. The number of carboxylic acid groups (broad SMARTS) is 1. The summed E-state index contributed by atoms with van der Waals surface area (Å²) in [6.45, 7) is 4.04. The Balaban J connectivity index is 2.44. The lowest BCUT2D eigenvalue weighted by molar-refractivity contribution is -0.133. The summed E-state index contributed by atoms with van der Waals surface area (Å²) >= 11 is 4.69. The van der Waals surface area contributed by atoms with Gasteiger partial charge in [0.1, 0.15) is 0 Å². The minimum absolute atomic E-state index is 0.0270. The first kappa shape index (κ1) is 15.1. The lowest BCUT2D eigenvalue weighted by atomic mass is 10.2. The Morgan fingerprint density at radius 1 is 1.40 bits per heavy atom. The zero-order valence-electron chi connectivity index (χ0n) is 11.1. The first-order valence-electron chi connectivity index (χ1n) is 6.05. The van der Waals surface area contributed by atoms with Crippen LogP contribution in [0.3, 0.4) is 0 Å². The van der Waals surface area contributed by atoms with Crippen molar-refractivity contribution in [1.82, 2.24) is 14.8 Å². The van der Waals surface area contributed by atoms with Crippen molar-refractivity contribution in [3.63, 3.8) is 0 Å². The number of carboxylic acids is 1. The second-order valence-electron chi connectivity index (χ2n) is 4.43. The summed E-state index contributed by atoms with van der Waals surface area (Å²) in [5.41, 5.74) is 0.941. The van der Waals surface area contributed by atoms with E-state index in [-0.39, 0.29) is 11.8 Å². The zero-order valence-corrected chi connectivity index (χ0v) is 13.5. The molecule has 0 atom stereocenters. The number of rotatable bonds is 5. The van der Waals surface area contributed by atoms with Gasteiger partial charge in [-0.25, -0.2) is 0 Å².